The Balaban J connectivity index is 1.49. The van der Waals surface area contributed by atoms with Gasteiger partial charge >= 0.3 is 23.9 Å². The standard InChI is InChI=1S/C38H36O10/c1-22-5-13-26(14-6-22)34(39)44-21-30-31(46-35(40)27-15-7-23(2)8-16-27)32(47-36(41)28-17-9-24(3)10-18-28)33(38(43)45-30)48-37(42)29-19-11-25(4)12-20-29/h5-20,30-33,38,43H,21H2,1-4H3. The smallest absolute Gasteiger partial charge is 0.338 e. The summed E-state index contributed by atoms with van der Waals surface area (Å²) in [6, 6.07) is 26.3. The molecular formula is C38H36O10. The lowest BCUT2D eigenvalue weighted by molar-refractivity contribution is -0.284. The first-order valence-electron chi connectivity index (χ1n) is 15.4. The molecule has 5 rings (SSSR count). The lowest BCUT2D eigenvalue weighted by atomic mass is 9.97. The van der Waals surface area contributed by atoms with E-state index in [-0.39, 0.29) is 22.3 Å². The van der Waals surface area contributed by atoms with Crippen LogP contribution in [-0.4, -0.2) is 66.3 Å². The number of ether oxygens (including phenoxy) is 5. The van der Waals surface area contributed by atoms with E-state index < -0.39 is 61.2 Å². The molecule has 1 N–H and O–H groups in total. The lowest BCUT2D eigenvalue weighted by Crippen LogP contribution is -2.62. The van der Waals surface area contributed by atoms with Crippen LogP contribution < -0.4 is 0 Å². The van der Waals surface area contributed by atoms with Gasteiger partial charge in [0, 0.05) is 0 Å². The fraction of sp³-hybridized carbons (Fsp3) is 0.263. The number of benzene rings is 4. The first-order valence-corrected chi connectivity index (χ1v) is 15.4. The molecule has 10 nitrogen and oxygen atoms in total. The van der Waals surface area contributed by atoms with Gasteiger partial charge in [-0.2, -0.15) is 0 Å². The van der Waals surface area contributed by atoms with E-state index in [0.29, 0.717) is 0 Å². The van der Waals surface area contributed by atoms with Crippen LogP contribution in [0, 0.1) is 27.7 Å². The number of carbonyl (C=O) groups is 4. The summed E-state index contributed by atoms with van der Waals surface area (Å²) in [7, 11) is 0. The van der Waals surface area contributed by atoms with Crippen molar-refractivity contribution in [2.24, 2.45) is 0 Å². The molecule has 1 aliphatic heterocycles. The van der Waals surface area contributed by atoms with Crippen LogP contribution in [0.3, 0.4) is 0 Å². The SMILES string of the molecule is Cc1ccc(C(=O)OCC2OC(O)C(OC(=O)c3ccc(C)cc3)C(OC(=O)c3ccc(C)cc3)C2OC(=O)c2ccc(C)cc2)cc1. The average molecular weight is 653 g/mol. The molecule has 0 spiro atoms. The van der Waals surface area contributed by atoms with Gasteiger partial charge in [-0.15, -0.1) is 0 Å². The maximum Gasteiger partial charge on any atom is 0.338 e. The van der Waals surface area contributed by atoms with Crippen molar-refractivity contribution >= 4 is 23.9 Å². The second-order valence-electron chi connectivity index (χ2n) is 11.7. The fourth-order valence-corrected chi connectivity index (χ4v) is 5.01. The molecule has 10 heteroatoms. The summed E-state index contributed by atoms with van der Waals surface area (Å²) in [6.07, 6.45) is -7.94. The first-order chi connectivity index (χ1) is 23.0. The molecule has 5 atom stereocenters. The predicted molar refractivity (Wildman–Crippen MR) is 173 cm³/mol. The molecular weight excluding hydrogens is 616 g/mol. The van der Waals surface area contributed by atoms with E-state index in [2.05, 4.69) is 0 Å². The highest BCUT2D eigenvalue weighted by Crippen LogP contribution is 2.30. The second kappa shape index (κ2) is 15.1. The van der Waals surface area contributed by atoms with E-state index in [1.807, 2.05) is 27.7 Å². The number of rotatable bonds is 9. The van der Waals surface area contributed by atoms with Crippen LogP contribution in [0.4, 0.5) is 0 Å². The molecule has 4 aromatic carbocycles. The summed E-state index contributed by atoms with van der Waals surface area (Å²) < 4.78 is 28.8. The Hall–Kier alpha value is -5.32. The summed E-state index contributed by atoms with van der Waals surface area (Å²) >= 11 is 0. The molecule has 0 aromatic heterocycles. The zero-order valence-corrected chi connectivity index (χ0v) is 27.0. The zero-order chi connectivity index (χ0) is 34.4. The number of hydrogen-bond acceptors (Lipinski definition) is 10. The summed E-state index contributed by atoms with van der Waals surface area (Å²) in [4.78, 5) is 53.1. The molecule has 0 amide bonds. The topological polar surface area (TPSA) is 135 Å². The molecule has 1 aliphatic rings. The van der Waals surface area contributed by atoms with Crippen molar-refractivity contribution in [3.05, 3.63) is 142 Å². The van der Waals surface area contributed by atoms with E-state index >= 15 is 0 Å². The van der Waals surface area contributed by atoms with Gasteiger partial charge in [-0.25, -0.2) is 19.2 Å². The highest BCUT2D eigenvalue weighted by molar-refractivity contribution is 5.91. The van der Waals surface area contributed by atoms with Crippen LogP contribution in [0.2, 0.25) is 0 Å². The minimum atomic E-state index is -1.87. The Morgan fingerprint density at radius 2 is 0.812 bits per heavy atom. The molecule has 1 saturated heterocycles. The Morgan fingerprint density at radius 1 is 0.500 bits per heavy atom. The van der Waals surface area contributed by atoms with Gasteiger partial charge in [0.2, 0.25) is 0 Å². The van der Waals surface area contributed by atoms with Crippen molar-refractivity contribution in [3.8, 4) is 0 Å². The maximum atomic E-state index is 13.5. The third-order valence-electron chi connectivity index (χ3n) is 7.87. The van der Waals surface area contributed by atoms with Gasteiger partial charge in [0.05, 0.1) is 22.3 Å². The van der Waals surface area contributed by atoms with Crippen molar-refractivity contribution in [1.82, 2.24) is 0 Å². The van der Waals surface area contributed by atoms with Crippen molar-refractivity contribution in [3.63, 3.8) is 0 Å². The van der Waals surface area contributed by atoms with E-state index in [1.165, 1.54) is 0 Å². The van der Waals surface area contributed by atoms with Crippen molar-refractivity contribution in [1.29, 1.82) is 0 Å². The van der Waals surface area contributed by atoms with E-state index in [0.717, 1.165) is 22.3 Å². The lowest BCUT2D eigenvalue weighted by Gasteiger charge is -2.42. The summed E-state index contributed by atoms with van der Waals surface area (Å²) in [5.41, 5.74) is 4.43. The molecule has 248 valence electrons. The van der Waals surface area contributed by atoms with Gasteiger partial charge in [-0.1, -0.05) is 70.8 Å². The van der Waals surface area contributed by atoms with Crippen molar-refractivity contribution < 1.29 is 48.0 Å². The first kappa shape index (κ1) is 34.0. The molecule has 48 heavy (non-hydrogen) atoms. The van der Waals surface area contributed by atoms with E-state index in [1.54, 1.807) is 97.1 Å². The quantitative estimate of drug-likeness (QED) is 0.183. The molecule has 1 heterocycles. The minimum Gasteiger partial charge on any atom is -0.459 e. The van der Waals surface area contributed by atoms with Gasteiger partial charge < -0.3 is 28.8 Å². The Morgan fingerprint density at radius 3 is 1.19 bits per heavy atom. The van der Waals surface area contributed by atoms with Crippen LogP contribution in [0.15, 0.2) is 97.1 Å². The third kappa shape index (κ3) is 8.33. The van der Waals surface area contributed by atoms with Gasteiger partial charge in [-0.3, -0.25) is 0 Å². The van der Waals surface area contributed by atoms with Gasteiger partial charge in [-0.05, 0) is 76.2 Å². The monoisotopic (exact) mass is 652 g/mol. The Bertz CT molecular complexity index is 1750. The Kier molecular flexibility index (Phi) is 10.7. The number of aryl methyl sites for hydroxylation is 4. The molecule has 4 aromatic rings. The van der Waals surface area contributed by atoms with Crippen molar-refractivity contribution in [2.75, 3.05) is 6.61 Å². The highest BCUT2D eigenvalue weighted by atomic mass is 16.7. The molecule has 5 unspecified atom stereocenters. The fourth-order valence-electron chi connectivity index (χ4n) is 5.01. The largest absolute Gasteiger partial charge is 0.459 e. The normalized spacial score (nSPS) is 20.3. The molecule has 1 fully saturated rings. The minimum absolute atomic E-state index is 0.163. The molecule has 0 saturated carbocycles. The third-order valence-corrected chi connectivity index (χ3v) is 7.87. The highest BCUT2D eigenvalue weighted by Gasteiger charge is 2.52. The van der Waals surface area contributed by atoms with Crippen LogP contribution in [-0.2, 0) is 23.7 Å². The summed E-state index contributed by atoms with van der Waals surface area (Å²) in [5, 5.41) is 11.2. The number of esters is 4. The van der Waals surface area contributed by atoms with Crippen LogP contribution in [0.5, 0.6) is 0 Å². The average Bonchev–Trinajstić information content (AvgIpc) is 3.07. The number of hydrogen-bond donors (Lipinski definition) is 1. The number of aliphatic hydroxyl groups is 1. The van der Waals surface area contributed by atoms with Gasteiger partial charge in [0.25, 0.3) is 0 Å². The summed E-state index contributed by atoms with van der Waals surface area (Å²) in [5.74, 6) is -3.18. The predicted octanol–water partition coefficient (Wildman–Crippen LogP) is 5.47. The van der Waals surface area contributed by atoms with E-state index in [4.69, 9.17) is 23.7 Å². The maximum absolute atomic E-state index is 13.5. The Labute approximate surface area is 278 Å². The van der Waals surface area contributed by atoms with Crippen LogP contribution >= 0.6 is 0 Å². The zero-order valence-electron chi connectivity index (χ0n) is 27.0. The van der Waals surface area contributed by atoms with Gasteiger partial charge in [0.1, 0.15) is 12.7 Å². The number of aliphatic hydroxyl groups excluding tert-OH is 1. The molecule has 0 radical (unpaired) electrons. The van der Waals surface area contributed by atoms with Crippen LogP contribution in [0.1, 0.15) is 63.7 Å². The van der Waals surface area contributed by atoms with Gasteiger partial charge in [0.15, 0.2) is 24.6 Å². The van der Waals surface area contributed by atoms with E-state index in [9.17, 15) is 24.3 Å². The van der Waals surface area contributed by atoms with Crippen molar-refractivity contribution in [2.45, 2.75) is 58.4 Å². The second-order valence-corrected chi connectivity index (χ2v) is 11.7. The van der Waals surface area contributed by atoms with Crippen LogP contribution in [0.25, 0.3) is 0 Å². The molecule has 0 bridgehead atoms. The summed E-state index contributed by atoms with van der Waals surface area (Å²) in [6.45, 7) is 6.94. The number of carbonyl (C=O) groups excluding carboxylic acids is 4. The molecule has 0 aliphatic carbocycles.